The molecule has 2 heterocycles. The number of hydrogen-bond donors (Lipinski definition) is 0. The van der Waals surface area contributed by atoms with Gasteiger partial charge in [0.2, 0.25) is 0 Å². The third-order valence-electron chi connectivity index (χ3n) is 5.28. The van der Waals surface area contributed by atoms with Gasteiger partial charge in [-0.05, 0) is 67.8 Å². The van der Waals surface area contributed by atoms with Crippen LogP contribution in [0, 0.1) is 5.82 Å². The smallest absolute Gasteiger partial charge is 0.253 e. The first kappa shape index (κ1) is 20.3. The zero-order valence-corrected chi connectivity index (χ0v) is 16.5. The average Bonchev–Trinajstić information content (AvgIpc) is 3.12. The number of likely N-dealkylation sites (tertiary alicyclic amines) is 1. The van der Waals surface area contributed by atoms with Crippen molar-refractivity contribution >= 4 is 5.91 Å². The van der Waals surface area contributed by atoms with Gasteiger partial charge in [0.15, 0.2) is 0 Å². The zero-order chi connectivity index (χ0) is 19.9. The van der Waals surface area contributed by atoms with Crippen molar-refractivity contribution in [1.82, 2.24) is 9.80 Å². The van der Waals surface area contributed by atoms with Crippen molar-refractivity contribution in [1.29, 1.82) is 0 Å². The fraction of sp³-hybridized carbons (Fsp3) is 0.435. The predicted octanol–water partition coefficient (Wildman–Crippen LogP) is 4.19. The Morgan fingerprint density at radius 1 is 1.11 bits per heavy atom. The van der Waals surface area contributed by atoms with E-state index in [2.05, 4.69) is 18.1 Å². The van der Waals surface area contributed by atoms with Crippen molar-refractivity contribution in [2.24, 2.45) is 0 Å². The van der Waals surface area contributed by atoms with Crippen LogP contribution in [-0.2, 0) is 22.6 Å². The molecule has 28 heavy (non-hydrogen) atoms. The van der Waals surface area contributed by atoms with Crippen LogP contribution in [-0.4, -0.2) is 41.9 Å². The first-order valence-electron chi connectivity index (χ1n) is 10.0. The maximum Gasteiger partial charge on any atom is 0.253 e. The number of fused-ring (bicyclic) bond motifs is 1. The summed E-state index contributed by atoms with van der Waals surface area (Å²) in [6, 6.07) is 4.64. The van der Waals surface area contributed by atoms with Gasteiger partial charge in [0.25, 0.3) is 5.91 Å². The van der Waals surface area contributed by atoms with E-state index in [4.69, 9.17) is 4.74 Å². The van der Waals surface area contributed by atoms with E-state index in [0.29, 0.717) is 31.0 Å². The van der Waals surface area contributed by atoms with E-state index in [9.17, 15) is 9.18 Å². The lowest BCUT2D eigenvalue weighted by molar-refractivity contribution is -0.127. The maximum absolute atomic E-state index is 13.3. The number of ether oxygens (including phenoxy) is 1. The van der Waals surface area contributed by atoms with Crippen LogP contribution in [0.1, 0.15) is 36.8 Å². The Bertz CT molecular complexity index is 766. The van der Waals surface area contributed by atoms with E-state index in [1.807, 2.05) is 0 Å². The molecule has 4 nitrogen and oxygen atoms in total. The van der Waals surface area contributed by atoms with Gasteiger partial charge in [0.1, 0.15) is 11.6 Å². The number of piperidine rings is 1. The molecule has 0 radical (unpaired) electrons. The third kappa shape index (κ3) is 5.55. The first-order chi connectivity index (χ1) is 13.5. The minimum atomic E-state index is -0.277. The molecule has 3 rings (SSSR count). The van der Waals surface area contributed by atoms with Crippen LogP contribution >= 0.6 is 0 Å². The number of rotatable bonds is 8. The van der Waals surface area contributed by atoms with E-state index in [0.717, 1.165) is 24.1 Å². The zero-order valence-electron chi connectivity index (χ0n) is 16.5. The second-order valence-electron chi connectivity index (χ2n) is 7.50. The lowest BCUT2D eigenvalue weighted by atomic mass is 10.1. The number of nitrogens with zero attached hydrogens (tertiary/aromatic N) is 2. The van der Waals surface area contributed by atoms with Crippen LogP contribution < -0.4 is 0 Å². The summed E-state index contributed by atoms with van der Waals surface area (Å²) >= 11 is 0. The lowest BCUT2D eigenvalue weighted by Gasteiger charge is -2.26. The molecular formula is C23H29FN2O2. The Hall–Kier alpha value is -2.40. The highest BCUT2D eigenvalue weighted by atomic mass is 19.1. The van der Waals surface area contributed by atoms with E-state index in [1.54, 1.807) is 23.1 Å². The van der Waals surface area contributed by atoms with Gasteiger partial charge in [-0.2, -0.15) is 0 Å². The van der Waals surface area contributed by atoms with Gasteiger partial charge in [0, 0.05) is 25.2 Å². The van der Waals surface area contributed by atoms with Crippen LogP contribution in [0.3, 0.4) is 0 Å². The monoisotopic (exact) mass is 384 g/mol. The van der Waals surface area contributed by atoms with E-state index in [-0.39, 0.29) is 11.7 Å². The number of allylic oxidation sites excluding steroid dienone is 1. The van der Waals surface area contributed by atoms with Crippen LogP contribution in [0.15, 0.2) is 54.8 Å². The molecule has 1 aromatic rings. The Morgan fingerprint density at radius 2 is 1.86 bits per heavy atom. The summed E-state index contributed by atoms with van der Waals surface area (Å²) < 4.78 is 19.0. The molecule has 1 aromatic carbocycles. The molecule has 0 atom stereocenters. The quantitative estimate of drug-likeness (QED) is 0.292. The van der Waals surface area contributed by atoms with Crippen molar-refractivity contribution in [2.45, 2.75) is 38.8 Å². The largest absolute Gasteiger partial charge is 0.494 e. The van der Waals surface area contributed by atoms with Gasteiger partial charge < -0.3 is 14.5 Å². The topological polar surface area (TPSA) is 32.8 Å². The molecule has 2 aliphatic rings. The predicted molar refractivity (Wildman–Crippen MR) is 109 cm³/mol. The first-order valence-corrected chi connectivity index (χ1v) is 10.0. The maximum atomic E-state index is 13.3. The summed E-state index contributed by atoms with van der Waals surface area (Å²) in [5.41, 5.74) is 2.20. The minimum Gasteiger partial charge on any atom is -0.494 e. The lowest BCUT2D eigenvalue weighted by Crippen LogP contribution is -2.31. The van der Waals surface area contributed by atoms with Crippen LogP contribution in [0.25, 0.3) is 0 Å². The summed E-state index contributed by atoms with van der Waals surface area (Å²) in [5, 5.41) is 0. The normalized spacial score (nSPS) is 17.0. The molecule has 0 unspecified atom stereocenters. The van der Waals surface area contributed by atoms with Crippen molar-refractivity contribution in [3.8, 4) is 0 Å². The van der Waals surface area contributed by atoms with Crippen molar-refractivity contribution in [3.05, 3.63) is 71.8 Å². The number of benzene rings is 1. The molecule has 2 aliphatic heterocycles. The summed E-state index contributed by atoms with van der Waals surface area (Å²) in [6.07, 6.45) is 8.22. The molecule has 150 valence electrons. The van der Waals surface area contributed by atoms with E-state index >= 15 is 0 Å². The molecule has 1 saturated heterocycles. The summed E-state index contributed by atoms with van der Waals surface area (Å²) in [4.78, 5) is 16.7. The number of carbonyl (C=O) groups is 1. The number of amides is 1. The molecule has 0 bridgehead atoms. The van der Waals surface area contributed by atoms with Crippen LogP contribution in [0.2, 0.25) is 0 Å². The molecule has 0 saturated carbocycles. The number of hydrogen-bond acceptors (Lipinski definition) is 3. The van der Waals surface area contributed by atoms with Crippen molar-refractivity contribution in [2.75, 3.05) is 26.2 Å². The van der Waals surface area contributed by atoms with Crippen LogP contribution in [0.5, 0.6) is 0 Å². The molecule has 1 fully saturated rings. The standard InChI is InChI=1S/C23H29FN2O2/c1-18(23(27)26-16-20-9-10-22(24)15-21(20)17-26)7-8-19(2)28-14-6-13-25-11-4-3-5-12-25/h7-10,15H,1-6,11-14,16-17H2/b8-7-. The molecular weight excluding hydrogens is 355 g/mol. The molecule has 0 aliphatic carbocycles. The van der Waals surface area contributed by atoms with Gasteiger partial charge in [0.05, 0.1) is 6.61 Å². The average molecular weight is 384 g/mol. The summed E-state index contributed by atoms with van der Waals surface area (Å²) in [5.74, 6) is 0.0886. The van der Waals surface area contributed by atoms with Crippen molar-refractivity contribution in [3.63, 3.8) is 0 Å². The van der Waals surface area contributed by atoms with Gasteiger partial charge in [-0.1, -0.05) is 25.6 Å². The highest BCUT2D eigenvalue weighted by Gasteiger charge is 2.24. The molecule has 0 aromatic heterocycles. The highest BCUT2D eigenvalue weighted by Crippen LogP contribution is 2.24. The Balaban J connectivity index is 1.38. The van der Waals surface area contributed by atoms with Gasteiger partial charge in [-0.15, -0.1) is 0 Å². The van der Waals surface area contributed by atoms with E-state index < -0.39 is 0 Å². The van der Waals surface area contributed by atoms with Gasteiger partial charge in [-0.25, -0.2) is 4.39 Å². The Labute approximate surface area is 167 Å². The van der Waals surface area contributed by atoms with E-state index in [1.165, 1.54) is 44.5 Å². The Kier molecular flexibility index (Phi) is 7.04. The minimum absolute atomic E-state index is 0.161. The summed E-state index contributed by atoms with van der Waals surface area (Å²) in [7, 11) is 0. The SMILES string of the molecule is C=C(/C=C\C(=C)C(=O)N1Cc2ccc(F)cc2C1)OCCCN1CCCCC1. The molecule has 5 heteroatoms. The molecule has 1 amide bonds. The molecule has 0 spiro atoms. The molecule has 0 N–H and O–H groups in total. The summed E-state index contributed by atoms with van der Waals surface area (Å²) in [6.45, 7) is 12.7. The Morgan fingerprint density at radius 3 is 2.64 bits per heavy atom. The van der Waals surface area contributed by atoms with Gasteiger partial charge >= 0.3 is 0 Å². The second kappa shape index (κ2) is 9.69. The second-order valence-corrected chi connectivity index (χ2v) is 7.50. The fourth-order valence-electron chi connectivity index (χ4n) is 3.70. The van der Waals surface area contributed by atoms with Crippen molar-refractivity contribution < 1.29 is 13.9 Å². The third-order valence-corrected chi connectivity index (χ3v) is 5.28. The van der Waals surface area contributed by atoms with Gasteiger partial charge in [-0.3, -0.25) is 4.79 Å². The van der Waals surface area contributed by atoms with Crippen LogP contribution in [0.4, 0.5) is 4.39 Å². The number of carbonyl (C=O) groups excluding carboxylic acids is 1. The fourth-order valence-corrected chi connectivity index (χ4v) is 3.70. The number of halogens is 1. The highest BCUT2D eigenvalue weighted by molar-refractivity contribution is 5.95.